The van der Waals surface area contributed by atoms with E-state index in [0.717, 1.165) is 0 Å². The molecule has 0 rings (SSSR count). The Morgan fingerprint density at radius 2 is 1.00 bits per heavy atom. The first-order valence-electron chi connectivity index (χ1n) is 0. The van der Waals surface area contributed by atoms with E-state index in [4.69, 9.17) is 0 Å². The van der Waals surface area contributed by atoms with Gasteiger partial charge in [0.15, 0.2) is 0 Å². The Labute approximate surface area is 96.9 Å². The first kappa shape index (κ1) is 42.0. The fraction of sp³-hybridized carbons (Fsp3) is 0. The maximum Gasteiger partial charge on any atom is 0 e. The third-order valence-electron chi connectivity index (χ3n) is 0. The van der Waals surface area contributed by atoms with E-state index in [0.29, 0.717) is 0 Å². The van der Waals surface area contributed by atoms with Gasteiger partial charge in [0, 0.05) is 80.9 Å². The molecule has 0 saturated heterocycles. The van der Waals surface area contributed by atoms with Crippen molar-refractivity contribution in [3.63, 3.8) is 0 Å². The minimum atomic E-state index is 0. The van der Waals surface area contributed by atoms with Gasteiger partial charge in [0.2, 0.25) is 0 Å². The summed E-state index contributed by atoms with van der Waals surface area (Å²) in [6.45, 7) is 0. The molecule has 0 aliphatic carbocycles. The summed E-state index contributed by atoms with van der Waals surface area (Å²) in [4.78, 5) is 0. The van der Waals surface area contributed by atoms with Crippen LogP contribution < -0.4 is 0 Å². The summed E-state index contributed by atoms with van der Waals surface area (Å²) in [5.41, 5.74) is 0. The Kier molecular flexibility index (Phi) is 229. The second kappa shape index (κ2) is 27.2. The Balaban J connectivity index is 0. The molecule has 0 heterocycles. The Bertz CT molecular complexity index is 11.6. The van der Waals surface area contributed by atoms with Crippen LogP contribution in [0.3, 0.4) is 0 Å². The molecule has 0 saturated carbocycles. The first-order chi connectivity index (χ1) is 0. The van der Waals surface area contributed by atoms with E-state index in [1.54, 1.807) is 0 Å². The second-order valence-electron chi connectivity index (χ2n) is 0. The third kappa shape index (κ3) is 19.1. The van der Waals surface area contributed by atoms with Crippen LogP contribution in [0.2, 0.25) is 0 Å². The fourth-order valence-electron chi connectivity index (χ4n) is 0. The van der Waals surface area contributed by atoms with Crippen LogP contribution in [-0.4, -0.2) is 17.6 Å². The van der Waals surface area contributed by atoms with Gasteiger partial charge in [-0.1, -0.05) is 0 Å². The molecule has 0 aliphatic rings. The van der Waals surface area contributed by atoms with E-state index in [9.17, 15) is 0 Å². The van der Waals surface area contributed by atoms with Gasteiger partial charge < -0.3 is 0 Å². The Hall–Kier alpha value is 3.15. The van der Waals surface area contributed by atoms with Gasteiger partial charge in [0.25, 0.3) is 0 Å². The maximum absolute atomic E-state index is 0. The van der Waals surface area contributed by atoms with E-state index in [2.05, 4.69) is 0 Å². The monoisotopic (exact) mass is 549 g/mol. The number of hydrogen-bond acceptors (Lipinski definition) is 0. The molecule has 0 bridgehead atoms. The van der Waals surface area contributed by atoms with Crippen LogP contribution in [-0.2, 0) is 80.9 Å². The molecule has 0 spiro atoms. The quantitative estimate of drug-likeness (QED) is 0.325. The molecular weight excluding hydrogens is 546 g/mol. The zero-order valence-electron chi connectivity index (χ0n) is 1.24. The minimum absolute atomic E-state index is 0. The van der Waals surface area contributed by atoms with Gasteiger partial charge in [-0.05, 0) is 0 Å². The van der Waals surface area contributed by atoms with E-state index in [1.165, 1.54) is 0 Å². The van der Waals surface area contributed by atoms with Crippen LogP contribution in [0, 0.1) is 0 Å². The standard InChI is InChI=1S/Ag.Cu.GeH4.Pd.Pt/h;;1H4;;. The van der Waals surface area contributed by atoms with E-state index >= 15 is 0 Å². The normalized spacial score (nSPS) is 0. The van der Waals surface area contributed by atoms with Crippen LogP contribution in [0.4, 0.5) is 0 Å². The van der Waals surface area contributed by atoms with Crippen molar-refractivity contribution >= 4 is 17.6 Å². The van der Waals surface area contributed by atoms with Gasteiger partial charge in [0.05, 0.1) is 0 Å². The molecule has 0 N–H and O–H groups in total. The van der Waals surface area contributed by atoms with Crippen LogP contribution in [0.15, 0.2) is 0 Å². The van der Waals surface area contributed by atoms with Gasteiger partial charge >= 0.3 is 17.6 Å². The van der Waals surface area contributed by atoms with Crippen LogP contribution in [0.1, 0.15) is 0 Å². The van der Waals surface area contributed by atoms with Crippen molar-refractivity contribution in [3.8, 4) is 0 Å². The average molecular weight is 550 g/mol. The predicted octanol–water partition coefficient (Wildman–Crippen LogP) is -1.46. The first-order valence-corrected chi connectivity index (χ1v) is 0. The molecule has 0 aromatic carbocycles. The average Bonchev–Trinajstić information content (AvgIpc) is 0. The van der Waals surface area contributed by atoms with Gasteiger partial charge in [-0.3, -0.25) is 0 Å². The van der Waals surface area contributed by atoms with Crippen LogP contribution in [0.25, 0.3) is 0 Å². The van der Waals surface area contributed by atoms with Crippen molar-refractivity contribution < 1.29 is 80.9 Å². The van der Waals surface area contributed by atoms with Crippen molar-refractivity contribution in [1.29, 1.82) is 0 Å². The molecule has 0 unspecified atom stereocenters. The SMILES string of the molecule is [Ag].[Cu].[GeH4].[Pd].[Pt]. The van der Waals surface area contributed by atoms with Crippen LogP contribution in [0.5, 0.6) is 0 Å². The van der Waals surface area contributed by atoms with Crippen molar-refractivity contribution in [2.75, 3.05) is 0 Å². The zero-order valence-corrected chi connectivity index (χ0v) is 7.49. The fourth-order valence-corrected chi connectivity index (χ4v) is 0. The minimum Gasteiger partial charge on any atom is 0 e. The van der Waals surface area contributed by atoms with Gasteiger partial charge in [-0.2, -0.15) is 0 Å². The molecule has 5 heteroatoms. The van der Waals surface area contributed by atoms with E-state index in [-0.39, 0.29) is 98.5 Å². The summed E-state index contributed by atoms with van der Waals surface area (Å²) in [5, 5.41) is 0. The molecule has 0 nitrogen and oxygen atoms in total. The largest absolute Gasteiger partial charge is 0 e. The van der Waals surface area contributed by atoms with Crippen molar-refractivity contribution in [2.45, 2.75) is 0 Å². The van der Waals surface area contributed by atoms with E-state index < -0.39 is 0 Å². The molecular formula is H4AgCuGePdPt. The van der Waals surface area contributed by atoms with Crippen molar-refractivity contribution in [3.05, 3.63) is 0 Å². The van der Waals surface area contributed by atoms with Crippen molar-refractivity contribution in [2.24, 2.45) is 0 Å². The van der Waals surface area contributed by atoms with Crippen LogP contribution >= 0.6 is 0 Å². The molecule has 0 amide bonds. The predicted molar refractivity (Wildman–Crippen MR) is 11.3 cm³/mol. The molecule has 0 fully saturated rings. The van der Waals surface area contributed by atoms with Gasteiger partial charge in [-0.15, -0.1) is 0 Å². The summed E-state index contributed by atoms with van der Waals surface area (Å²) in [6, 6.07) is 0. The second-order valence-corrected chi connectivity index (χ2v) is 0. The summed E-state index contributed by atoms with van der Waals surface area (Å²) < 4.78 is 0. The summed E-state index contributed by atoms with van der Waals surface area (Å²) in [7, 11) is 0. The maximum atomic E-state index is 0. The van der Waals surface area contributed by atoms with Gasteiger partial charge in [-0.25, -0.2) is 0 Å². The molecule has 0 aromatic rings. The third-order valence-corrected chi connectivity index (χ3v) is 0. The zero-order chi connectivity index (χ0) is 0. The molecule has 0 aromatic heterocycles. The van der Waals surface area contributed by atoms with Crippen molar-refractivity contribution in [1.82, 2.24) is 0 Å². The molecule has 50 valence electrons. The molecule has 0 aliphatic heterocycles. The topological polar surface area (TPSA) is 0 Å². The van der Waals surface area contributed by atoms with Gasteiger partial charge in [0.1, 0.15) is 0 Å². The summed E-state index contributed by atoms with van der Waals surface area (Å²) >= 11 is 0. The molecule has 5 heavy (non-hydrogen) atoms. The number of rotatable bonds is 0. The van der Waals surface area contributed by atoms with E-state index in [1.807, 2.05) is 0 Å². The molecule has 0 atom stereocenters. The smallest absolute Gasteiger partial charge is 0 e. The number of hydrogen-bond donors (Lipinski definition) is 0. The summed E-state index contributed by atoms with van der Waals surface area (Å²) in [5.74, 6) is 0. The molecule has 2 radical (unpaired) electrons. The summed E-state index contributed by atoms with van der Waals surface area (Å²) in [6.07, 6.45) is 0. The Morgan fingerprint density at radius 1 is 1.00 bits per heavy atom. The Morgan fingerprint density at radius 3 is 1.00 bits per heavy atom.